The van der Waals surface area contributed by atoms with Crippen LogP contribution in [-0.2, 0) is 4.79 Å². The minimum absolute atomic E-state index is 0.158. The van der Waals surface area contributed by atoms with Gasteiger partial charge in [-0.3, -0.25) is 4.79 Å². The lowest BCUT2D eigenvalue weighted by Gasteiger charge is -2.31. The molecule has 0 aromatic heterocycles. The highest BCUT2D eigenvalue weighted by atomic mass is 16.2. The van der Waals surface area contributed by atoms with Gasteiger partial charge in [0, 0.05) is 30.5 Å². The van der Waals surface area contributed by atoms with E-state index in [-0.39, 0.29) is 12.0 Å². The van der Waals surface area contributed by atoms with Gasteiger partial charge in [0.15, 0.2) is 0 Å². The van der Waals surface area contributed by atoms with Crippen molar-refractivity contribution in [1.29, 1.82) is 0 Å². The molecule has 0 radical (unpaired) electrons. The molecule has 1 saturated heterocycles. The second kappa shape index (κ2) is 6.18. The summed E-state index contributed by atoms with van der Waals surface area (Å²) in [6.07, 6.45) is 5.15. The minimum atomic E-state index is 0.158. The molecule has 1 aromatic carbocycles. The second-order valence-electron chi connectivity index (χ2n) is 6.81. The number of amides is 1. The summed E-state index contributed by atoms with van der Waals surface area (Å²) in [5, 5.41) is 0. The smallest absolute Gasteiger partial charge is 0.225 e. The number of nitrogens with zero attached hydrogens (tertiary/aromatic N) is 1. The van der Waals surface area contributed by atoms with Gasteiger partial charge in [0.25, 0.3) is 0 Å². The number of carbonyl (C=O) groups is 1. The molecule has 1 aliphatic carbocycles. The minimum Gasteiger partial charge on any atom is -0.339 e. The van der Waals surface area contributed by atoms with E-state index in [4.69, 9.17) is 5.73 Å². The van der Waals surface area contributed by atoms with E-state index < -0.39 is 0 Å². The third-order valence-electron chi connectivity index (χ3n) is 5.19. The van der Waals surface area contributed by atoms with Crippen LogP contribution in [0.15, 0.2) is 30.3 Å². The molecule has 21 heavy (non-hydrogen) atoms. The van der Waals surface area contributed by atoms with Gasteiger partial charge in [0.1, 0.15) is 0 Å². The van der Waals surface area contributed by atoms with Crippen LogP contribution in [0.25, 0.3) is 0 Å². The molecule has 1 saturated carbocycles. The molecule has 2 fully saturated rings. The number of hydrogen-bond donors (Lipinski definition) is 1. The van der Waals surface area contributed by atoms with Crippen molar-refractivity contribution in [3.63, 3.8) is 0 Å². The first kappa shape index (κ1) is 14.6. The number of nitrogens with two attached hydrogens (primary N) is 1. The maximum Gasteiger partial charge on any atom is 0.225 e. The van der Waals surface area contributed by atoms with Crippen molar-refractivity contribution in [2.24, 2.45) is 11.7 Å². The van der Waals surface area contributed by atoms with E-state index in [0.717, 1.165) is 38.6 Å². The Morgan fingerprint density at radius 3 is 2.67 bits per heavy atom. The Balaban J connectivity index is 1.67. The summed E-state index contributed by atoms with van der Waals surface area (Å²) >= 11 is 0. The summed E-state index contributed by atoms with van der Waals surface area (Å²) in [6, 6.07) is 11.2. The number of carbonyl (C=O) groups excluding carboxylic acids is 1. The van der Waals surface area contributed by atoms with Gasteiger partial charge in [-0.05, 0) is 38.2 Å². The quantitative estimate of drug-likeness (QED) is 0.908. The Labute approximate surface area is 127 Å². The lowest BCUT2D eigenvalue weighted by Crippen LogP contribution is -2.42. The van der Waals surface area contributed by atoms with Crippen LogP contribution in [0.5, 0.6) is 0 Å². The highest BCUT2D eigenvalue weighted by Gasteiger charge is 2.37. The predicted molar refractivity (Wildman–Crippen MR) is 84.9 cm³/mol. The van der Waals surface area contributed by atoms with Gasteiger partial charge in [0.2, 0.25) is 5.91 Å². The first-order valence-corrected chi connectivity index (χ1v) is 8.26. The summed E-state index contributed by atoms with van der Waals surface area (Å²) < 4.78 is 0. The molecule has 4 atom stereocenters. The summed E-state index contributed by atoms with van der Waals surface area (Å²) in [5.74, 6) is 0.990. The number of benzene rings is 1. The summed E-state index contributed by atoms with van der Waals surface area (Å²) in [7, 11) is 0. The van der Waals surface area contributed by atoms with Gasteiger partial charge in [0.05, 0.1) is 0 Å². The van der Waals surface area contributed by atoms with E-state index in [9.17, 15) is 4.79 Å². The highest BCUT2D eigenvalue weighted by Crippen LogP contribution is 2.34. The van der Waals surface area contributed by atoms with Crippen molar-refractivity contribution in [3.8, 4) is 0 Å². The monoisotopic (exact) mass is 286 g/mol. The fourth-order valence-corrected chi connectivity index (χ4v) is 3.99. The van der Waals surface area contributed by atoms with Crippen LogP contribution in [0.2, 0.25) is 0 Å². The van der Waals surface area contributed by atoms with E-state index in [1.54, 1.807) is 0 Å². The largest absolute Gasteiger partial charge is 0.339 e. The van der Waals surface area contributed by atoms with Crippen LogP contribution in [0.3, 0.4) is 0 Å². The average molecular weight is 286 g/mol. The Hall–Kier alpha value is -1.35. The van der Waals surface area contributed by atoms with Crippen molar-refractivity contribution in [1.82, 2.24) is 4.90 Å². The first-order valence-electron chi connectivity index (χ1n) is 8.26. The van der Waals surface area contributed by atoms with Crippen molar-refractivity contribution < 1.29 is 4.79 Å². The van der Waals surface area contributed by atoms with Crippen LogP contribution in [0, 0.1) is 5.92 Å². The van der Waals surface area contributed by atoms with Gasteiger partial charge >= 0.3 is 0 Å². The van der Waals surface area contributed by atoms with Crippen molar-refractivity contribution >= 4 is 5.91 Å². The second-order valence-corrected chi connectivity index (χ2v) is 6.81. The standard InChI is InChI=1S/C18H26N2O/c1-13-10-16(14-6-3-2-4-7-14)12-20(13)18(21)15-8-5-9-17(19)11-15/h2-4,6-7,13,15-17H,5,8-12,19H2,1H3. The van der Waals surface area contributed by atoms with E-state index in [2.05, 4.69) is 36.1 Å². The maximum atomic E-state index is 12.8. The zero-order valence-electron chi connectivity index (χ0n) is 12.9. The lowest BCUT2D eigenvalue weighted by atomic mass is 9.85. The fourth-order valence-electron chi connectivity index (χ4n) is 3.99. The van der Waals surface area contributed by atoms with Gasteiger partial charge in [-0.2, -0.15) is 0 Å². The summed E-state index contributed by atoms with van der Waals surface area (Å²) in [6.45, 7) is 3.05. The molecule has 0 spiro atoms. The Bertz CT molecular complexity index is 487. The van der Waals surface area contributed by atoms with E-state index >= 15 is 0 Å². The summed E-state index contributed by atoms with van der Waals surface area (Å²) in [5.41, 5.74) is 7.40. The molecule has 0 bridgehead atoms. The van der Waals surface area contributed by atoms with E-state index in [0.29, 0.717) is 17.9 Å². The van der Waals surface area contributed by atoms with Gasteiger partial charge in [-0.25, -0.2) is 0 Å². The molecule has 1 aromatic rings. The van der Waals surface area contributed by atoms with Crippen LogP contribution in [0.4, 0.5) is 0 Å². The number of hydrogen-bond acceptors (Lipinski definition) is 2. The number of likely N-dealkylation sites (tertiary alicyclic amines) is 1. The lowest BCUT2D eigenvalue weighted by molar-refractivity contribution is -0.137. The van der Waals surface area contributed by atoms with Crippen LogP contribution in [0.1, 0.15) is 50.5 Å². The fraction of sp³-hybridized carbons (Fsp3) is 0.611. The molecule has 1 amide bonds. The van der Waals surface area contributed by atoms with Gasteiger partial charge in [-0.15, -0.1) is 0 Å². The molecule has 1 aliphatic heterocycles. The first-order chi connectivity index (χ1) is 10.1. The molecular formula is C18H26N2O. The van der Waals surface area contributed by atoms with Crippen molar-refractivity contribution in [2.75, 3.05) is 6.54 Å². The molecule has 1 heterocycles. The molecule has 4 unspecified atom stereocenters. The number of rotatable bonds is 2. The Morgan fingerprint density at radius 2 is 1.95 bits per heavy atom. The van der Waals surface area contributed by atoms with Gasteiger partial charge < -0.3 is 10.6 Å². The van der Waals surface area contributed by atoms with E-state index in [1.807, 2.05) is 6.07 Å². The van der Waals surface area contributed by atoms with Gasteiger partial charge in [-0.1, -0.05) is 36.8 Å². The topological polar surface area (TPSA) is 46.3 Å². The molecule has 3 heteroatoms. The predicted octanol–water partition coefficient (Wildman–Crippen LogP) is 2.91. The molecular weight excluding hydrogens is 260 g/mol. The normalized spacial score (nSPS) is 33.1. The molecule has 114 valence electrons. The average Bonchev–Trinajstić information content (AvgIpc) is 2.89. The summed E-state index contributed by atoms with van der Waals surface area (Å²) in [4.78, 5) is 14.9. The Morgan fingerprint density at radius 1 is 1.19 bits per heavy atom. The molecule has 2 aliphatic rings. The molecule has 3 rings (SSSR count). The zero-order valence-corrected chi connectivity index (χ0v) is 12.9. The third-order valence-corrected chi connectivity index (χ3v) is 5.19. The maximum absolute atomic E-state index is 12.8. The Kier molecular flexibility index (Phi) is 4.29. The van der Waals surface area contributed by atoms with Crippen LogP contribution < -0.4 is 5.73 Å². The third kappa shape index (κ3) is 3.13. The van der Waals surface area contributed by atoms with Crippen LogP contribution >= 0.6 is 0 Å². The molecule has 2 N–H and O–H groups in total. The van der Waals surface area contributed by atoms with E-state index in [1.165, 1.54) is 5.56 Å². The molecule has 3 nitrogen and oxygen atoms in total. The van der Waals surface area contributed by atoms with Crippen molar-refractivity contribution in [2.45, 2.75) is 57.0 Å². The highest BCUT2D eigenvalue weighted by molar-refractivity contribution is 5.79. The SMILES string of the molecule is CC1CC(c2ccccc2)CN1C(=O)C1CCCC(N)C1. The zero-order chi connectivity index (χ0) is 14.8. The van der Waals surface area contributed by atoms with Crippen molar-refractivity contribution in [3.05, 3.63) is 35.9 Å². The van der Waals surface area contributed by atoms with Crippen LogP contribution in [-0.4, -0.2) is 29.4 Å².